The Bertz CT molecular complexity index is 1010. The summed E-state index contributed by atoms with van der Waals surface area (Å²) >= 11 is 6.20. The molecule has 1 aliphatic heterocycles. The maximum atomic E-state index is 13.7. The van der Waals surface area contributed by atoms with Gasteiger partial charge in [0.1, 0.15) is 17.9 Å². The maximum Gasteiger partial charge on any atom is 0.337 e. The third kappa shape index (κ3) is 5.49. The number of carboxylic acids is 1. The number of rotatable bonds is 9. The third-order valence-corrected chi connectivity index (χ3v) is 7.08. The molecule has 0 aromatic heterocycles. The number of nitrogens with one attached hydrogen (secondary N) is 1. The normalized spacial score (nSPS) is 18.0. The van der Waals surface area contributed by atoms with Crippen molar-refractivity contribution in [1.82, 2.24) is 10.2 Å². The largest absolute Gasteiger partial charge is 0.492 e. The van der Waals surface area contributed by atoms with E-state index < -0.39 is 17.0 Å². The van der Waals surface area contributed by atoms with Crippen LogP contribution in [0.1, 0.15) is 41.6 Å². The number of nitrogens with zero attached hydrogens (tertiary/aromatic N) is 1. The highest BCUT2D eigenvalue weighted by molar-refractivity contribution is 6.33. The van der Waals surface area contributed by atoms with Crippen molar-refractivity contribution in [3.8, 4) is 5.75 Å². The van der Waals surface area contributed by atoms with E-state index in [1.807, 2.05) is 37.4 Å². The van der Waals surface area contributed by atoms with Gasteiger partial charge in [0.25, 0.3) is 0 Å². The van der Waals surface area contributed by atoms with Gasteiger partial charge in [0.15, 0.2) is 0 Å². The van der Waals surface area contributed by atoms with Gasteiger partial charge in [0.05, 0.1) is 16.1 Å². The predicted octanol–water partition coefficient (Wildman–Crippen LogP) is 4.13. The van der Waals surface area contributed by atoms with Crippen LogP contribution in [0.4, 0.5) is 0 Å². The number of hydrogen-bond acceptors (Lipinski definition) is 5. The van der Waals surface area contributed by atoms with E-state index in [0.29, 0.717) is 39.2 Å². The van der Waals surface area contributed by atoms with Gasteiger partial charge in [0.2, 0.25) is 5.91 Å². The summed E-state index contributed by atoms with van der Waals surface area (Å²) in [7, 11) is 1.96. The predicted molar refractivity (Wildman–Crippen MR) is 132 cm³/mol. The van der Waals surface area contributed by atoms with Crippen molar-refractivity contribution in [1.29, 1.82) is 0 Å². The van der Waals surface area contributed by atoms with Gasteiger partial charge in [0, 0.05) is 19.8 Å². The molecule has 2 aromatic rings. The van der Waals surface area contributed by atoms with Gasteiger partial charge in [-0.05, 0) is 62.6 Å². The van der Waals surface area contributed by atoms with Gasteiger partial charge >= 0.3 is 5.97 Å². The number of para-hydroxylation sites is 1. The lowest BCUT2D eigenvalue weighted by molar-refractivity contribution is -0.140. The molecule has 1 heterocycles. The van der Waals surface area contributed by atoms with Crippen LogP contribution in [0.2, 0.25) is 5.02 Å². The summed E-state index contributed by atoms with van der Waals surface area (Å²) in [6.07, 6.45) is 2.76. The molecule has 1 aliphatic carbocycles. The first-order chi connectivity index (χ1) is 15.9. The molecular formula is C25H30Cl2N2O5. The molecule has 0 unspecified atom stereocenters. The minimum atomic E-state index is -1.07. The average molecular weight is 509 g/mol. The molecule has 184 valence electrons. The highest BCUT2D eigenvalue weighted by atomic mass is 35.5. The van der Waals surface area contributed by atoms with Crippen LogP contribution in [0, 0.1) is 0 Å². The quantitative estimate of drug-likeness (QED) is 0.529. The summed E-state index contributed by atoms with van der Waals surface area (Å²) in [4.78, 5) is 27.1. The Hall–Kier alpha value is -2.32. The topological polar surface area (TPSA) is 88.1 Å². The average Bonchev–Trinajstić information content (AvgIpc) is 3.60. The van der Waals surface area contributed by atoms with Gasteiger partial charge in [-0.25, -0.2) is 4.79 Å². The summed E-state index contributed by atoms with van der Waals surface area (Å²) in [5, 5.41) is 12.7. The molecular weight excluding hydrogens is 479 g/mol. The number of hydrogen-bond donors (Lipinski definition) is 2. The van der Waals surface area contributed by atoms with Crippen molar-refractivity contribution in [3.05, 3.63) is 64.7 Å². The highest BCUT2D eigenvalue weighted by Gasteiger charge is 2.51. The lowest BCUT2D eigenvalue weighted by Gasteiger charge is -2.43. The summed E-state index contributed by atoms with van der Waals surface area (Å²) in [5.74, 6) is -0.306. The number of ether oxygens (including phenoxy) is 2. The number of aromatic carboxylic acids is 1. The van der Waals surface area contributed by atoms with Crippen LogP contribution in [-0.4, -0.2) is 60.8 Å². The second kappa shape index (κ2) is 11.0. The molecule has 2 aliphatic rings. The second-order valence-electron chi connectivity index (χ2n) is 8.76. The maximum absolute atomic E-state index is 13.7. The number of carbonyl (C=O) groups is 2. The number of benzene rings is 2. The molecule has 2 N–H and O–H groups in total. The molecule has 0 radical (unpaired) electrons. The Morgan fingerprint density at radius 2 is 1.79 bits per heavy atom. The number of amides is 1. The van der Waals surface area contributed by atoms with Gasteiger partial charge in [-0.3, -0.25) is 9.69 Å². The molecule has 0 atom stereocenters. The van der Waals surface area contributed by atoms with Crippen molar-refractivity contribution >= 4 is 35.9 Å². The summed E-state index contributed by atoms with van der Waals surface area (Å²) in [6, 6.07) is 14.5. The Kier molecular flexibility index (Phi) is 8.47. The minimum absolute atomic E-state index is 0. The SMILES string of the molecule is CN(CCOc1ccccc1)C1(C(=O)NC2(c3ccc(C(=O)O)c(Cl)c3)CC2)CCOCC1.Cl. The van der Waals surface area contributed by atoms with Crippen LogP contribution in [0.25, 0.3) is 0 Å². The van der Waals surface area contributed by atoms with E-state index in [9.17, 15) is 14.7 Å². The number of likely N-dealkylation sites (N-methyl/N-ethyl adjacent to an activating group) is 1. The minimum Gasteiger partial charge on any atom is -0.492 e. The van der Waals surface area contributed by atoms with E-state index >= 15 is 0 Å². The molecule has 2 aromatic carbocycles. The molecule has 2 fully saturated rings. The van der Waals surface area contributed by atoms with Crippen molar-refractivity contribution in [2.45, 2.75) is 36.8 Å². The zero-order valence-corrected chi connectivity index (χ0v) is 20.7. The summed E-state index contributed by atoms with van der Waals surface area (Å²) in [6.45, 7) is 2.09. The number of halogens is 2. The smallest absolute Gasteiger partial charge is 0.337 e. The van der Waals surface area contributed by atoms with Crippen LogP contribution in [0.15, 0.2) is 48.5 Å². The molecule has 9 heteroatoms. The van der Waals surface area contributed by atoms with E-state index in [1.165, 1.54) is 6.07 Å². The van der Waals surface area contributed by atoms with Gasteiger partial charge in [-0.15, -0.1) is 12.4 Å². The van der Waals surface area contributed by atoms with Crippen molar-refractivity contribution in [2.24, 2.45) is 0 Å². The third-order valence-electron chi connectivity index (χ3n) is 6.77. The summed E-state index contributed by atoms with van der Waals surface area (Å²) < 4.78 is 11.4. The van der Waals surface area contributed by atoms with E-state index in [4.69, 9.17) is 21.1 Å². The molecule has 34 heavy (non-hydrogen) atoms. The van der Waals surface area contributed by atoms with E-state index in [2.05, 4.69) is 10.2 Å². The van der Waals surface area contributed by atoms with Gasteiger partial charge in [-0.2, -0.15) is 0 Å². The van der Waals surface area contributed by atoms with Gasteiger partial charge < -0.3 is 19.9 Å². The van der Waals surface area contributed by atoms with E-state index in [1.54, 1.807) is 12.1 Å². The first kappa shape index (κ1) is 26.3. The zero-order valence-electron chi connectivity index (χ0n) is 19.1. The van der Waals surface area contributed by atoms with Crippen LogP contribution < -0.4 is 10.1 Å². The van der Waals surface area contributed by atoms with Crippen molar-refractivity contribution in [3.63, 3.8) is 0 Å². The van der Waals surface area contributed by atoms with E-state index in [0.717, 1.165) is 24.2 Å². The van der Waals surface area contributed by atoms with Crippen LogP contribution in [0.5, 0.6) is 5.75 Å². The van der Waals surface area contributed by atoms with Crippen LogP contribution in [0.3, 0.4) is 0 Å². The molecule has 1 amide bonds. The molecule has 0 spiro atoms. The molecule has 7 nitrogen and oxygen atoms in total. The fourth-order valence-corrected chi connectivity index (χ4v) is 4.71. The molecule has 1 saturated carbocycles. The molecule has 1 saturated heterocycles. The fraction of sp³-hybridized carbons (Fsp3) is 0.440. The first-order valence-electron chi connectivity index (χ1n) is 11.2. The molecule has 4 rings (SSSR count). The van der Waals surface area contributed by atoms with Crippen LogP contribution >= 0.6 is 24.0 Å². The highest BCUT2D eigenvalue weighted by Crippen LogP contribution is 2.47. The lowest BCUT2D eigenvalue weighted by atomic mass is 9.86. The van der Waals surface area contributed by atoms with Gasteiger partial charge in [-0.1, -0.05) is 35.9 Å². The Balaban J connectivity index is 0.00000324. The lowest BCUT2D eigenvalue weighted by Crippen LogP contribution is -2.62. The number of carbonyl (C=O) groups excluding carboxylic acids is 1. The fourth-order valence-electron chi connectivity index (χ4n) is 4.45. The Labute approximate surface area is 210 Å². The van der Waals surface area contributed by atoms with Crippen molar-refractivity contribution < 1.29 is 24.2 Å². The van der Waals surface area contributed by atoms with E-state index in [-0.39, 0.29) is 28.9 Å². The first-order valence-corrected chi connectivity index (χ1v) is 11.6. The Morgan fingerprint density at radius 1 is 1.12 bits per heavy atom. The van der Waals surface area contributed by atoms with Crippen LogP contribution in [-0.2, 0) is 15.1 Å². The second-order valence-corrected chi connectivity index (χ2v) is 9.17. The zero-order chi connectivity index (χ0) is 23.5. The standard InChI is InChI=1S/C25H29ClN2O5.ClH/c1-28(13-16-33-19-5-3-2-4-6-19)25(11-14-32-15-12-25)23(31)27-24(9-10-24)18-7-8-20(22(29)30)21(26)17-18;/h2-8,17H,9-16H2,1H3,(H,27,31)(H,29,30);1H. The van der Waals surface area contributed by atoms with Crippen molar-refractivity contribution in [2.75, 3.05) is 33.4 Å². The summed E-state index contributed by atoms with van der Waals surface area (Å²) in [5.41, 5.74) is -0.312. The number of carboxylic acid groups (broad SMARTS) is 1. The Morgan fingerprint density at radius 3 is 2.38 bits per heavy atom. The monoisotopic (exact) mass is 508 g/mol. The molecule has 0 bridgehead atoms.